The number of hydrogen-bond acceptors (Lipinski definition) is 5. The zero-order valence-electron chi connectivity index (χ0n) is 11.9. The first kappa shape index (κ1) is 16.1. The molecule has 0 saturated carbocycles. The molecule has 0 atom stereocenters. The van der Waals surface area contributed by atoms with Crippen LogP contribution in [0.3, 0.4) is 0 Å². The van der Waals surface area contributed by atoms with Crippen molar-refractivity contribution in [3.63, 3.8) is 0 Å². The van der Waals surface area contributed by atoms with Crippen molar-refractivity contribution < 1.29 is 17.9 Å². The Bertz CT molecular complexity index is 835. The molecule has 2 heterocycles. The molecule has 23 heavy (non-hydrogen) atoms. The highest BCUT2D eigenvalue weighted by atomic mass is 35.5. The molecular formula is C14H13ClN2O4S2. The zero-order chi connectivity index (χ0) is 16.4. The molecule has 6 nitrogen and oxygen atoms in total. The summed E-state index contributed by atoms with van der Waals surface area (Å²) in [6, 6.07) is 9.90. The fraction of sp³-hybridized carbons (Fsp3) is 0.214. The molecule has 1 saturated heterocycles. The molecule has 0 spiro atoms. The number of carbonyl (C=O) groups is 1. The van der Waals surface area contributed by atoms with Gasteiger partial charge >= 0.3 is 6.09 Å². The van der Waals surface area contributed by atoms with Gasteiger partial charge in [-0.25, -0.2) is 13.2 Å². The number of benzene rings is 1. The quantitative estimate of drug-likeness (QED) is 0.874. The van der Waals surface area contributed by atoms with Gasteiger partial charge in [-0.3, -0.25) is 4.72 Å². The van der Waals surface area contributed by atoms with Gasteiger partial charge in [-0.15, -0.1) is 11.3 Å². The van der Waals surface area contributed by atoms with Gasteiger partial charge in [-0.1, -0.05) is 23.7 Å². The van der Waals surface area contributed by atoms with Crippen LogP contribution in [0.4, 0.5) is 10.5 Å². The summed E-state index contributed by atoms with van der Waals surface area (Å²) < 4.78 is 32.5. The number of nitrogens with zero attached hydrogens (tertiary/aromatic N) is 1. The Kier molecular flexibility index (Phi) is 4.47. The normalized spacial score (nSPS) is 14.8. The largest absolute Gasteiger partial charge is 0.448 e. The molecule has 1 aromatic heterocycles. The van der Waals surface area contributed by atoms with Gasteiger partial charge in [0, 0.05) is 12.2 Å². The number of ether oxygens (including phenoxy) is 1. The summed E-state index contributed by atoms with van der Waals surface area (Å²) in [6.45, 7) is 1.28. The molecule has 1 aromatic carbocycles. The van der Waals surface area contributed by atoms with E-state index in [4.69, 9.17) is 16.3 Å². The predicted molar refractivity (Wildman–Crippen MR) is 88.3 cm³/mol. The highest BCUT2D eigenvalue weighted by Crippen LogP contribution is 2.27. The molecule has 0 radical (unpaired) electrons. The summed E-state index contributed by atoms with van der Waals surface area (Å²) in [6.07, 6.45) is -0.357. The highest BCUT2D eigenvalue weighted by molar-refractivity contribution is 7.94. The number of hydrogen-bond donors (Lipinski definition) is 1. The molecule has 9 heteroatoms. The Morgan fingerprint density at radius 1 is 1.30 bits per heavy atom. The number of nitrogens with one attached hydrogen (secondary N) is 1. The van der Waals surface area contributed by atoms with Crippen molar-refractivity contribution in [1.82, 2.24) is 4.90 Å². The Labute approximate surface area is 142 Å². The van der Waals surface area contributed by atoms with E-state index in [0.717, 1.165) is 16.9 Å². The van der Waals surface area contributed by atoms with Crippen LogP contribution in [0.1, 0.15) is 5.56 Å². The molecule has 1 fully saturated rings. The van der Waals surface area contributed by atoms with E-state index >= 15 is 0 Å². The predicted octanol–water partition coefficient (Wildman–Crippen LogP) is 3.15. The van der Waals surface area contributed by atoms with E-state index in [0.29, 0.717) is 29.7 Å². The number of cyclic esters (lactones) is 1. The number of anilines is 1. The summed E-state index contributed by atoms with van der Waals surface area (Å²) in [5.41, 5.74) is 1.24. The summed E-state index contributed by atoms with van der Waals surface area (Å²) in [4.78, 5) is 13.0. The number of amides is 1. The van der Waals surface area contributed by atoms with Crippen LogP contribution in [-0.4, -0.2) is 32.6 Å². The second-order valence-electron chi connectivity index (χ2n) is 4.90. The van der Waals surface area contributed by atoms with Gasteiger partial charge in [0.2, 0.25) is 0 Å². The number of halogens is 1. The second kappa shape index (κ2) is 6.38. The third kappa shape index (κ3) is 3.77. The van der Waals surface area contributed by atoms with E-state index in [1.54, 1.807) is 23.1 Å². The van der Waals surface area contributed by atoms with Crippen LogP contribution in [0.15, 0.2) is 40.6 Å². The molecule has 2 aromatic rings. The minimum atomic E-state index is -3.67. The molecule has 122 valence electrons. The van der Waals surface area contributed by atoms with Crippen molar-refractivity contribution in [2.75, 3.05) is 17.9 Å². The van der Waals surface area contributed by atoms with Gasteiger partial charge in [0.1, 0.15) is 10.8 Å². The van der Waals surface area contributed by atoms with Gasteiger partial charge in [-0.2, -0.15) is 0 Å². The monoisotopic (exact) mass is 372 g/mol. The van der Waals surface area contributed by atoms with Crippen molar-refractivity contribution in [1.29, 1.82) is 0 Å². The van der Waals surface area contributed by atoms with Gasteiger partial charge in [0.25, 0.3) is 10.0 Å². The van der Waals surface area contributed by atoms with Crippen LogP contribution in [0.25, 0.3) is 0 Å². The second-order valence-corrected chi connectivity index (χ2v) is 8.52. The molecular weight excluding hydrogens is 360 g/mol. The molecule has 0 bridgehead atoms. The third-order valence-corrected chi connectivity index (χ3v) is 6.32. The van der Waals surface area contributed by atoms with Crippen molar-refractivity contribution in [2.24, 2.45) is 0 Å². The highest BCUT2D eigenvalue weighted by Gasteiger charge is 2.22. The van der Waals surface area contributed by atoms with Crippen molar-refractivity contribution in [2.45, 2.75) is 10.8 Å². The van der Waals surface area contributed by atoms with Gasteiger partial charge in [0.15, 0.2) is 0 Å². The van der Waals surface area contributed by atoms with Crippen LogP contribution in [-0.2, 0) is 21.3 Å². The van der Waals surface area contributed by atoms with Gasteiger partial charge < -0.3 is 9.64 Å². The average Bonchev–Trinajstić information content (AvgIpc) is 3.09. The topological polar surface area (TPSA) is 75.7 Å². The lowest BCUT2D eigenvalue weighted by Gasteiger charge is -2.13. The molecule has 0 unspecified atom stereocenters. The first-order chi connectivity index (χ1) is 10.9. The Morgan fingerprint density at radius 3 is 2.78 bits per heavy atom. The van der Waals surface area contributed by atoms with Crippen LogP contribution < -0.4 is 4.72 Å². The molecule has 1 aliphatic rings. The lowest BCUT2D eigenvalue weighted by Crippen LogP contribution is -2.23. The van der Waals surface area contributed by atoms with E-state index < -0.39 is 10.0 Å². The van der Waals surface area contributed by atoms with E-state index in [2.05, 4.69) is 4.72 Å². The number of sulfonamides is 1. The maximum atomic E-state index is 12.3. The van der Waals surface area contributed by atoms with E-state index in [1.165, 1.54) is 12.1 Å². The van der Waals surface area contributed by atoms with E-state index in [-0.39, 0.29) is 10.3 Å². The minimum absolute atomic E-state index is 0.149. The van der Waals surface area contributed by atoms with Crippen LogP contribution in [0.2, 0.25) is 4.34 Å². The Balaban J connectivity index is 1.76. The van der Waals surface area contributed by atoms with Crippen LogP contribution >= 0.6 is 22.9 Å². The molecule has 0 aliphatic carbocycles. The van der Waals surface area contributed by atoms with Crippen molar-refractivity contribution in [3.8, 4) is 0 Å². The van der Waals surface area contributed by atoms with Crippen LogP contribution in [0.5, 0.6) is 0 Å². The third-order valence-electron chi connectivity index (χ3n) is 3.21. The Hall–Kier alpha value is -1.77. The number of rotatable bonds is 5. The molecule has 1 aliphatic heterocycles. The maximum Gasteiger partial charge on any atom is 0.410 e. The average molecular weight is 373 g/mol. The minimum Gasteiger partial charge on any atom is -0.448 e. The van der Waals surface area contributed by atoms with Crippen molar-refractivity contribution >= 4 is 44.7 Å². The summed E-state index contributed by atoms with van der Waals surface area (Å²) in [5.74, 6) is 0. The SMILES string of the molecule is O=C1OCCN1Cc1cccc(NS(=O)(=O)c2ccc(Cl)s2)c1. The Morgan fingerprint density at radius 2 is 2.13 bits per heavy atom. The van der Waals surface area contributed by atoms with Crippen molar-refractivity contribution in [3.05, 3.63) is 46.3 Å². The number of carbonyl (C=O) groups excluding carboxylic acids is 1. The zero-order valence-corrected chi connectivity index (χ0v) is 14.2. The first-order valence-electron chi connectivity index (χ1n) is 6.73. The van der Waals surface area contributed by atoms with E-state index in [1.807, 2.05) is 6.07 Å². The van der Waals surface area contributed by atoms with E-state index in [9.17, 15) is 13.2 Å². The molecule has 1 N–H and O–H groups in total. The van der Waals surface area contributed by atoms with Gasteiger partial charge in [-0.05, 0) is 29.8 Å². The fourth-order valence-corrected chi connectivity index (χ4v) is 4.70. The lowest BCUT2D eigenvalue weighted by atomic mass is 10.2. The van der Waals surface area contributed by atoms with Gasteiger partial charge in [0.05, 0.1) is 10.9 Å². The maximum absolute atomic E-state index is 12.3. The smallest absolute Gasteiger partial charge is 0.410 e. The summed E-state index contributed by atoms with van der Waals surface area (Å²) in [5, 5.41) is 0. The fourth-order valence-electron chi connectivity index (χ4n) is 2.17. The molecule has 3 rings (SSSR count). The standard InChI is InChI=1S/C14H13ClN2O4S2/c15-12-4-5-13(22-12)23(19,20)16-11-3-1-2-10(8-11)9-17-6-7-21-14(17)18/h1-5,8,16H,6-7,9H2. The summed E-state index contributed by atoms with van der Waals surface area (Å²) >= 11 is 6.77. The molecule has 1 amide bonds. The first-order valence-corrected chi connectivity index (χ1v) is 9.41. The lowest BCUT2D eigenvalue weighted by molar-refractivity contribution is 0.157. The number of thiophene rings is 1. The van der Waals surface area contributed by atoms with Crippen LogP contribution in [0, 0.1) is 0 Å². The summed E-state index contributed by atoms with van der Waals surface area (Å²) in [7, 11) is -3.67.